The number of hydrogen-bond donors (Lipinski definition) is 1. The molecule has 1 aliphatic heterocycles. The van der Waals surface area contributed by atoms with E-state index in [2.05, 4.69) is 5.32 Å². The average molecular weight is 366 g/mol. The molecule has 3 nitrogen and oxygen atoms in total. The van der Waals surface area contributed by atoms with Crippen molar-refractivity contribution in [2.75, 3.05) is 5.75 Å². The fourth-order valence-corrected chi connectivity index (χ4v) is 3.87. The summed E-state index contributed by atoms with van der Waals surface area (Å²) in [6.45, 7) is 1.67. The molecule has 3 rings (SSSR count). The van der Waals surface area contributed by atoms with Crippen LogP contribution in [-0.2, 0) is 4.79 Å². The summed E-state index contributed by atoms with van der Waals surface area (Å²) in [6, 6.07) is 11.5. The maximum Gasteiger partial charge on any atom is 0.261 e. The maximum absolute atomic E-state index is 13.5. The normalized spacial score (nSPS) is 17.7. The molecule has 0 aromatic heterocycles. The number of nitrogens with one attached hydrogen (secondary N) is 1. The van der Waals surface area contributed by atoms with Gasteiger partial charge in [0.1, 0.15) is 11.6 Å². The summed E-state index contributed by atoms with van der Waals surface area (Å²) in [5.74, 6) is 0.800. The molecule has 6 heteroatoms. The van der Waals surface area contributed by atoms with Gasteiger partial charge in [-0.05, 0) is 49.2 Å². The summed E-state index contributed by atoms with van der Waals surface area (Å²) < 4.78 is 19.2. The monoisotopic (exact) mass is 365 g/mol. The number of amides is 1. The first-order valence-electron chi connectivity index (χ1n) is 7.68. The standard InChI is InChI=1S/C18H17ClFNO2S/c1-11(23-16-5-3-2-4-14(16)19)18(22)21-15-8-9-24-17-7-6-12(20)10-13(15)17/h2-7,10-11,15H,8-9H2,1H3,(H,21,22). The van der Waals surface area contributed by atoms with Gasteiger partial charge in [0, 0.05) is 10.6 Å². The third-order valence-corrected chi connectivity index (χ3v) is 5.27. The van der Waals surface area contributed by atoms with Crippen LogP contribution in [0.15, 0.2) is 47.4 Å². The molecule has 0 bridgehead atoms. The van der Waals surface area contributed by atoms with Crippen LogP contribution in [0.4, 0.5) is 4.39 Å². The van der Waals surface area contributed by atoms with Crippen molar-refractivity contribution in [3.05, 3.63) is 58.9 Å². The minimum Gasteiger partial charge on any atom is -0.479 e. The molecular weight excluding hydrogens is 349 g/mol. The predicted molar refractivity (Wildman–Crippen MR) is 94.2 cm³/mol. The molecule has 1 aliphatic rings. The Kier molecular flexibility index (Phi) is 5.31. The van der Waals surface area contributed by atoms with E-state index in [9.17, 15) is 9.18 Å². The second kappa shape index (κ2) is 7.45. The molecule has 0 fully saturated rings. The Bertz CT molecular complexity index is 756. The summed E-state index contributed by atoms with van der Waals surface area (Å²) in [5.41, 5.74) is 0.824. The smallest absolute Gasteiger partial charge is 0.261 e. The van der Waals surface area contributed by atoms with Crippen LogP contribution in [0.5, 0.6) is 5.75 Å². The third kappa shape index (κ3) is 3.84. The summed E-state index contributed by atoms with van der Waals surface area (Å²) in [5, 5.41) is 3.41. The maximum atomic E-state index is 13.5. The van der Waals surface area contributed by atoms with E-state index in [1.165, 1.54) is 12.1 Å². The Balaban J connectivity index is 1.69. The number of rotatable bonds is 4. The highest BCUT2D eigenvalue weighted by Crippen LogP contribution is 2.36. The lowest BCUT2D eigenvalue weighted by Gasteiger charge is -2.27. The number of fused-ring (bicyclic) bond motifs is 1. The second-order valence-corrected chi connectivity index (χ2v) is 7.11. The Morgan fingerprint density at radius 2 is 2.17 bits per heavy atom. The van der Waals surface area contributed by atoms with Crippen LogP contribution in [0.3, 0.4) is 0 Å². The van der Waals surface area contributed by atoms with Crippen LogP contribution in [0.1, 0.15) is 24.9 Å². The van der Waals surface area contributed by atoms with Gasteiger partial charge in [-0.25, -0.2) is 4.39 Å². The number of carbonyl (C=O) groups is 1. The number of carbonyl (C=O) groups excluding carboxylic acids is 1. The molecule has 0 radical (unpaired) electrons. The van der Waals surface area contributed by atoms with E-state index in [1.807, 2.05) is 0 Å². The molecule has 24 heavy (non-hydrogen) atoms. The number of hydrogen-bond acceptors (Lipinski definition) is 3. The van der Waals surface area contributed by atoms with Crippen LogP contribution in [0.25, 0.3) is 0 Å². The molecule has 2 unspecified atom stereocenters. The largest absolute Gasteiger partial charge is 0.479 e. The molecule has 126 valence electrons. The van der Waals surface area contributed by atoms with Crippen molar-refractivity contribution in [3.8, 4) is 5.75 Å². The molecule has 0 saturated carbocycles. The number of thioether (sulfide) groups is 1. The van der Waals surface area contributed by atoms with Gasteiger partial charge < -0.3 is 10.1 Å². The topological polar surface area (TPSA) is 38.3 Å². The van der Waals surface area contributed by atoms with Crippen molar-refractivity contribution < 1.29 is 13.9 Å². The first kappa shape index (κ1) is 17.1. The van der Waals surface area contributed by atoms with E-state index in [1.54, 1.807) is 49.0 Å². The van der Waals surface area contributed by atoms with Gasteiger partial charge in [-0.2, -0.15) is 0 Å². The first-order valence-corrected chi connectivity index (χ1v) is 9.05. The number of para-hydroxylation sites is 1. The lowest BCUT2D eigenvalue weighted by atomic mass is 10.0. The van der Waals surface area contributed by atoms with Gasteiger partial charge in [0.15, 0.2) is 6.10 Å². The second-order valence-electron chi connectivity index (χ2n) is 5.57. The van der Waals surface area contributed by atoms with Gasteiger partial charge in [-0.3, -0.25) is 4.79 Å². The SMILES string of the molecule is CC(Oc1ccccc1Cl)C(=O)NC1CCSc2ccc(F)cc21. The highest BCUT2D eigenvalue weighted by molar-refractivity contribution is 7.99. The van der Waals surface area contributed by atoms with Crippen molar-refractivity contribution in [3.63, 3.8) is 0 Å². The molecule has 1 heterocycles. The highest BCUT2D eigenvalue weighted by Gasteiger charge is 2.25. The molecule has 2 aromatic rings. The van der Waals surface area contributed by atoms with Gasteiger partial charge in [-0.1, -0.05) is 23.7 Å². The van der Waals surface area contributed by atoms with Crippen molar-refractivity contribution in [2.24, 2.45) is 0 Å². The summed E-state index contributed by atoms with van der Waals surface area (Å²) in [4.78, 5) is 13.4. The zero-order chi connectivity index (χ0) is 17.1. The molecule has 0 aliphatic carbocycles. The quantitative estimate of drug-likeness (QED) is 0.860. The van der Waals surface area contributed by atoms with Crippen molar-refractivity contribution in [1.29, 1.82) is 0 Å². The van der Waals surface area contributed by atoms with Gasteiger partial charge in [-0.15, -0.1) is 11.8 Å². The Morgan fingerprint density at radius 3 is 2.96 bits per heavy atom. The zero-order valence-corrected chi connectivity index (χ0v) is 14.7. The fourth-order valence-electron chi connectivity index (χ4n) is 2.59. The minimum atomic E-state index is -0.698. The van der Waals surface area contributed by atoms with E-state index in [0.717, 1.165) is 22.6 Å². The lowest BCUT2D eigenvalue weighted by Crippen LogP contribution is -2.39. The van der Waals surface area contributed by atoms with E-state index in [-0.39, 0.29) is 17.8 Å². The summed E-state index contributed by atoms with van der Waals surface area (Å²) >= 11 is 7.72. The average Bonchev–Trinajstić information content (AvgIpc) is 2.57. The molecule has 2 aromatic carbocycles. The fraction of sp³-hybridized carbons (Fsp3) is 0.278. The Morgan fingerprint density at radius 1 is 1.38 bits per heavy atom. The van der Waals surface area contributed by atoms with Crippen LogP contribution in [-0.4, -0.2) is 17.8 Å². The van der Waals surface area contributed by atoms with Gasteiger partial charge in [0.05, 0.1) is 11.1 Å². The highest BCUT2D eigenvalue weighted by atomic mass is 35.5. The predicted octanol–water partition coefficient (Wildman–Crippen LogP) is 4.60. The number of ether oxygens (including phenoxy) is 1. The number of halogens is 2. The molecule has 1 amide bonds. The lowest BCUT2D eigenvalue weighted by molar-refractivity contribution is -0.128. The number of benzene rings is 2. The van der Waals surface area contributed by atoms with Gasteiger partial charge in [0.25, 0.3) is 5.91 Å². The molecular formula is C18H17ClFNO2S. The van der Waals surface area contributed by atoms with Crippen LogP contribution in [0, 0.1) is 5.82 Å². The molecule has 1 N–H and O–H groups in total. The van der Waals surface area contributed by atoms with Gasteiger partial charge >= 0.3 is 0 Å². The van der Waals surface area contributed by atoms with E-state index in [4.69, 9.17) is 16.3 Å². The van der Waals surface area contributed by atoms with Crippen molar-refractivity contribution >= 4 is 29.3 Å². The first-order chi connectivity index (χ1) is 11.5. The van der Waals surface area contributed by atoms with E-state index < -0.39 is 6.10 Å². The molecule has 0 spiro atoms. The third-order valence-electron chi connectivity index (χ3n) is 3.84. The van der Waals surface area contributed by atoms with Crippen LogP contribution in [0.2, 0.25) is 5.02 Å². The van der Waals surface area contributed by atoms with Crippen molar-refractivity contribution in [1.82, 2.24) is 5.32 Å². The van der Waals surface area contributed by atoms with Crippen LogP contribution < -0.4 is 10.1 Å². The van der Waals surface area contributed by atoms with Gasteiger partial charge in [0.2, 0.25) is 0 Å². The zero-order valence-electron chi connectivity index (χ0n) is 13.1. The Hall–Kier alpha value is -1.72. The summed E-state index contributed by atoms with van der Waals surface area (Å²) in [6.07, 6.45) is 0.0579. The van der Waals surface area contributed by atoms with Crippen LogP contribution >= 0.6 is 23.4 Å². The van der Waals surface area contributed by atoms with E-state index in [0.29, 0.717) is 10.8 Å². The van der Waals surface area contributed by atoms with Crippen molar-refractivity contribution in [2.45, 2.75) is 30.4 Å². The van der Waals surface area contributed by atoms with E-state index >= 15 is 0 Å². The molecule has 2 atom stereocenters. The Labute approximate surface area is 149 Å². The molecule has 0 saturated heterocycles. The minimum absolute atomic E-state index is 0.207. The summed E-state index contributed by atoms with van der Waals surface area (Å²) in [7, 11) is 0.